The Bertz CT molecular complexity index is 451. The van der Waals surface area contributed by atoms with Crippen molar-refractivity contribution >= 4 is 29.1 Å². The number of nitrogens with one attached hydrogen (secondary N) is 2. The number of rotatable bonds is 5. The van der Waals surface area contributed by atoms with Crippen LogP contribution >= 0.6 is 12.2 Å². The van der Waals surface area contributed by atoms with Gasteiger partial charge in [0, 0.05) is 6.54 Å². The number of hydrogen-bond donors (Lipinski definition) is 4. The lowest BCUT2D eigenvalue weighted by atomic mass is 10.1. The van der Waals surface area contributed by atoms with Crippen LogP contribution in [-0.4, -0.2) is 30.0 Å². The van der Waals surface area contributed by atoms with Crippen LogP contribution in [0.4, 0.5) is 10.5 Å². The maximum atomic E-state index is 10.3. The summed E-state index contributed by atoms with van der Waals surface area (Å²) in [6.45, 7) is 0.348. The summed E-state index contributed by atoms with van der Waals surface area (Å²) in [5.74, 6) is 0.607. The molecule has 0 heterocycles. The van der Waals surface area contributed by atoms with Crippen molar-refractivity contribution in [2.24, 2.45) is 5.73 Å². The van der Waals surface area contributed by atoms with E-state index in [2.05, 4.69) is 10.6 Å². The molecule has 0 aliphatic rings. The molecule has 0 spiro atoms. The molecule has 1 aromatic carbocycles. The van der Waals surface area contributed by atoms with Gasteiger partial charge in [-0.15, -0.1) is 0 Å². The monoisotopic (exact) mass is 269 g/mol. The number of hydrogen-bond acceptors (Lipinski definition) is 3. The van der Waals surface area contributed by atoms with Crippen LogP contribution in [0.5, 0.6) is 5.75 Å². The first-order chi connectivity index (χ1) is 8.52. The maximum absolute atomic E-state index is 10.3. The Kier molecular flexibility index (Phi) is 5.19. The predicted octanol–water partition coefficient (Wildman–Crippen LogP) is 1.16. The van der Waals surface area contributed by atoms with Crippen molar-refractivity contribution < 1.29 is 14.6 Å². The lowest BCUT2D eigenvalue weighted by Gasteiger charge is -2.11. The van der Waals surface area contributed by atoms with Crippen LogP contribution in [0, 0.1) is 0 Å². The van der Waals surface area contributed by atoms with Crippen molar-refractivity contribution in [1.29, 1.82) is 0 Å². The molecule has 0 aromatic heterocycles. The van der Waals surface area contributed by atoms with Gasteiger partial charge in [-0.25, -0.2) is 4.79 Å². The predicted molar refractivity (Wildman–Crippen MR) is 73.1 cm³/mol. The molecular formula is C11H15N3O3S. The third kappa shape index (κ3) is 4.46. The molecule has 5 N–H and O–H groups in total. The molecule has 0 saturated carbocycles. The van der Waals surface area contributed by atoms with E-state index in [4.69, 9.17) is 27.8 Å². The van der Waals surface area contributed by atoms with Crippen LogP contribution in [0.3, 0.4) is 0 Å². The van der Waals surface area contributed by atoms with Gasteiger partial charge in [-0.1, -0.05) is 6.07 Å². The second-order valence-corrected chi connectivity index (χ2v) is 3.95. The molecule has 0 aliphatic heterocycles. The minimum atomic E-state index is -1.03. The molecule has 1 amide bonds. The summed E-state index contributed by atoms with van der Waals surface area (Å²) in [5.41, 5.74) is 7.02. The van der Waals surface area contributed by atoms with Crippen molar-refractivity contribution in [3.63, 3.8) is 0 Å². The molecule has 1 aromatic rings. The zero-order valence-electron chi connectivity index (χ0n) is 9.90. The summed E-state index contributed by atoms with van der Waals surface area (Å²) >= 11 is 4.75. The van der Waals surface area contributed by atoms with Crippen LogP contribution in [0.2, 0.25) is 0 Å². The van der Waals surface area contributed by atoms with Crippen molar-refractivity contribution in [2.45, 2.75) is 6.42 Å². The van der Waals surface area contributed by atoms with Crippen LogP contribution in [0.15, 0.2) is 18.2 Å². The number of carboxylic acid groups (broad SMARTS) is 1. The van der Waals surface area contributed by atoms with E-state index in [9.17, 15) is 4.79 Å². The van der Waals surface area contributed by atoms with Gasteiger partial charge in [0.05, 0.1) is 12.8 Å². The van der Waals surface area contributed by atoms with Crippen molar-refractivity contribution in [3.8, 4) is 5.75 Å². The number of methoxy groups -OCH3 is 1. The highest BCUT2D eigenvalue weighted by Gasteiger charge is 2.05. The van der Waals surface area contributed by atoms with Gasteiger partial charge in [0.1, 0.15) is 5.75 Å². The second kappa shape index (κ2) is 6.65. The molecule has 18 heavy (non-hydrogen) atoms. The van der Waals surface area contributed by atoms with Crippen LogP contribution in [-0.2, 0) is 6.42 Å². The van der Waals surface area contributed by atoms with Crippen molar-refractivity contribution in [2.75, 3.05) is 19.0 Å². The molecule has 0 unspecified atom stereocenters. The SMILES string of the molecule is COc1cc(CCNC(=O)O)ccc1NC(N)=S. The molecule has 1 rings (SSSR count). The number of benzene rings is 1. The fraction of sp³-hybridized carbons (Fsp3) is 0.273. The van der Waals surface area contributed by atoms with E-state index in [0.29, 0.717) is 24.4 Å². The zero-order valence-corrected chi connectivity index (χ0v) is 10.7. The normalized spacial score (nSPS) is 9.61. The van der Waals surface area contributed by atoms with E-state index in [1.807, 2.05) is 12.1 Å². The first-order valence-corrected chi connectivity index (χ1v) is 5.64. The highest BCUT2D eigenvalue weighted by atomic mass is 32.1. The fourth-order valence-corrected chi connectivity index (χ4v) is 1.55. The quantitative estimate of drug-likeness (QED) is 0.599. The van der Waals surface area contributed by atoms with E-state index in [-0.39, 0.29) is 5.11 Å². The lowest BCUT2D eigenvalue weighted by molar-refractivity contribution is 0.194. The van der Waals surface area contributed by atoms with Crippen LogP contribution < -0.4 is 21.1 Å². The average Bonchev–Trinajstić information content (AvgIpc) is 2.29. The topological polar surface area (TPSA) is 96.6 Å². The Morgan fingerprint density at radius 3 is 2.83 bits per heavy atom. The Morgan fingerprint density at radius 2 is 2.28 bits per heavy atom. The summed E-state index contributed by atoms with van der Waals surface area (Å²) in [4.78, 5) is 10.3. The van der Waals surface area contributed by atoms with Gasteiger partial charge in [-0.05, 0) is 36.3 Å². The molecule has 0 fully saturated rings. The van der Waals surface area contributed by atoms with E-state index in [1.54, 1.807) is 13.2 Å². The molecule has 0 atom stereocenters. The first-order valence-electron chi connectivity index (χ1n) is 5.23. The molecule has 0 bridgehead atoms. The molecule has 0 saturated heterocycles. The Hall–Kier alpha value is -2.02. The number of nitrogens with two attached hydrogens (primary N) is 1. The second-order valence-electron chi connectivity index (χ2n) is 3.51. The first kappa shape index (κ1) is 14.0. The van der Waals surface area contributed by atoms with Crippen molar-refractivity contribution in [1.82, 2.24) is 5.32 Å². The maximum Gasteiger partial charge on any atom is 0.404 e. The minimum Gasteiger partial charge on any atom is -0.495 e. The Morgan fingerprint density at radius 1 is 1.56 bits per heavy atom. The highest BCUT2D eigenvalue weighted by molar-refractivity contribution is 7.80. The number of amides is 1. The van der Waals surface area contributed by atoms with Gasteiger partial charge in [0.25, 0.3) is 0 Å². The third-order valence-corrected chi connectivity index (χ3v) is 2.32. The van der Waals surface area contributed by atoms with Crippen molar-refractivity contribution in [3.05, 3.63) is 23.8 Å². The number of ether oxygens (including phenoxy) is 1. The largest absolute Gasteiger partial charge is 0.495 e. The molecule has 98 valence electrons. The number of carbonyl (C=O) groups is 1. The standard InChI is InChI=1S/C11H15N3O3S/c1-17-9-6-7(4-5-13-11(15)16)2-3-8(9)14-10(12)18/h2-3,6,13H,4-5H2,1H3,(H,15,16)(H3,12,14,18). The molecule has 0 radical (unpaired) electrons. The number of thiocarbonyl (C=S) groups is 1. The van der Waals surface area contributed by atoms with Gasteiger partial charge >= 0.3 is 6.09 Å². The zero-order chi connectivity index (χ0) is 13.5. The summed E-state index contributed by atoms with van der Waals surface area (Å²) in [6, 6.07) is 5.45. The van der Waals surface area contributed by atoms with E-state index >= 15 is 0 Å². The number of anilines is 1. The Balaban J connectivity index is 2.72. The van der Waals surface area contributed by atoms with E-state index in [1.165, 1.54) is 0 Å². The average molecular weight is 269 g/mol. The van der Waals surface area contributed by atoms with Gasteiger partial charge in [0.2, 0.25) is 0 Å². The summed E-state index contributed by atoms with van der Waals surface area (Å²) < 4.78 is 5.20. The van der Waals surface area contributed by atoms with Gasteiger partial charge < -0.3 is 26.2 Å². The summed E-state index contributed by atoms with van der Waals surface area (Å²) in [7, 11) is 1.54. The molecule has 7 heteroatoms. The van der Waals surface area contributed by atoms with Crippen LogP contribution in [0.25, 0.3) is 0 Å². The molecule has 6 nitrogen and oxygen atoms in total. The van der Waals surface area contributed by atoms with Gasteiger partial charge in [-0.3, -0.25) is 0 Å². The smallest absolute Gasteiger partial charge is 0.404 e. The third-order valence-electron chi connectivity index (χ3n) is 2.21. The summed E-state index contributed by atoms with van der Waals surface area (Å²) in [5, 5.41) is 13.7. The van der Waals surface area contributed by atoms with E-state index < -0.39 is 6.09 Å². The van der Waals surface area contributed by atoms with Crippen LogP contribution in [0.1, 0.15) is 5.56 Å². The van der Waals surface area contributed by atoms with E-state index in [0.717, 1.165) is 5.56 Å². The fourth-order valence-electron chi connectivity index (χ4n) is 1.44. The highest BCUT2D eigenvalue weighted by Crippen LogP contribution is 2.25. The Labute approximate surface area is 110 Å². The molecular weight excluding hydrogens is 254 g/mol. The summed E-state index contributed by atoms with van der Waals surface area (Å²) in [6.07, 6.45) is -0.454. The minimum absolute atomic E-state index is 0.161. The van der Waals surface area contributed by atoms with Gasteiger partial charge in [-0.2, -0.15) is 0 Å². The van der Waals surface area contributed by atoms with Gasteiger partial charge in [0.15, 0.2) is 5.11 Å². The molecule has 0 aliphatic carbocycles. The lowest BCUT2D eigenvalue weighted by Crippen LogP contribution is -2.23.